The number of amides is 5. The lowest BCUT2D eigenvalue weighted by Gasteiger charge is -2.37. The molecule has 10 nitrogen and oxygen atoms in total. The van der Waals surface area contributed by atoms with Crippen LogP contribution in [0.15, 0.2) is 12.2 Å². The van der Waals surface area contributed by atoms with E-state index in [0.717, 1.165) is 19.3 Å². The van der Waals surface area contributed by atoms with Gasteiger partial charge in [0.25, 0.3) is 11.8 Å². The van der Waals surface area contributed by atoms with Gasteiger partial charge in [-0.1, -0.05) is 54.4 Å². The molecule has 41 heavy (non-hydrogen) atoms. The maximum atomic E-state index is 13.5. The Labute approximate surface area is 246 Å². The fraction of sp³-hybridized carbons (Fsp3) is 0.774. The molecule has 5 amide bonds. The van der Waals surface area contributed by atoms with Gasteiger partial charge in [0.2, 0.25) is 17.7 Å². The third kappa shape index (κ3) is 8.17. The first kappa shape index (κ1) is 34.5. The van der Waals surface area contributed by atoms with Gasteiger partial charge in [-0.05, 0) is 43.4 Å². The van der Waals surface area contributed by atoms with Crippen molar-refractivity contribution in [3.8, 4) is 0 Å². The standard InChI is InChI=1S/C31H52N4O6/c1-9-20(4)29(24(11-3)41-8)33(7)28(39)19-32-31(40)30-22(6)21(5)23(10-2)35(30)27(38)15-13-12-14-18-34-25(36)16-17-26(34)37/h16-17,20-24,29-30H,9-15,18-19H2,1-8H3,(H,32,40)/t20?,21-,22?,23?,24?,29?,30?/m0/s1. The number of likely N-dealkylation sites (tertiary alicyclic amines) is 1. The maximum Gasteiger partial charge on any atom is 0.253 e. The molecular weight excluding hydrogens is 524 g/mol. The van der Waals surface area contributed by atoms with Crippen LogP contribution in [0.4, 0.5) is 0 Å². The first-order valence-electron chi connectivity index (χ1n) is 15.4. The van der Waals surface area contributed by atoms with Crippen molar-refractivity contribution in [3.63, 3.8) is 0 Å². The summed E-state index contributed by atoms with van der Waals surface area (Å²) >= 11 is 0. The van der Waals surface area contributed by atoms with Gasteiger partial charge in [-0.2, -0.15) is 0 Å². The molecule has 0 aliphatic carbocycles. The molecule has 1 saturated heterocycles. The lowest BCUT2D eigenvalue weighted by molar-refractivity contribution is -0.143. The largest absolute Gasteiger partial charge is 0.379 e. The first-order chi connectivity index (χ1) is 19.4. The molecule has 2 heterocycles. The molecule has 6 unspecified atom stereocenters. The summed E-state index contributed by atoms with van der Waals surface area (Å²) in [5.41, 5.74) is 0. The molecule has 1 N–H and O–H groups in total. The Morgan fingerprint density at radius 2 is 1.63 bits per heavy atom. The number of likely N-dealkylation sites (N-methyl/N-ethyl adjacent to an activating group) is 1. The zero-order valence-electron chi connectivity index (χ0n) is 26.4. The number of hydrogen-bond acceptors (Lipinski definition) is 6. The lowest BCUT2D eigenvalue weighted by atomic mass is 9.89. The number of hydrogen-bond donors (Lipinski definition) is 1. The second-order valence-corrected chi connectivity index (χ2v) is 11.7. The van der Waals surface area contributed by atoms with Gasteiger partial charge in [0.05, 0.1) is 18.7 Å². The first-order valence-corrected chi connectivity index (χ1v) is 15.4. The van der Waals surface area contributed by atoms with E-state index in [1.165, 1.54) is 17.1 Å². The molecule has 7 atom stereocenters. The number of nitrogens with zero attached hydrogens (tertiary/aromatic N) is 3. The number of imide groups is 1. The maximum absolute atomic E-state index is 13.5. The topological polar surface area (TPSA) is 116 Å². The monoisotopic (exact) mass is 576 g/mol. The fourth-order valence-electron chi connectivity index (χ4n) is 6.47. The molecule has 0 aromatic rings. The van der Waals surface area contributed by atoms with Crippen LogP contribution in [0, 0.1) is 17.8 Å². The van der Waals surface area contributed by atoms with Crippen LogP contribution in [0.1, 0.15) is 86.5 Å². The summed E-state index contributed by atoms with van der Waals surface area (Å²) in [4.78, 5) is 68.3. The van der Waals surface area contributed by atoms with Crippen LogP contribution < -0.4 is 5.32 Å². The molecule has 0 aromatic carbocycles. The average molecular weight is 577 g/mol. The number of carbonyl (C=O) groups is 5. The Hall–Kier alpha value is -2.75. The molecule has 2 aliphatic heterocycles. The molecule has 0 aromatic heterocycles. The van der Waals surface area contributed by atoms with E-state index in [2.05, 4.69) is 26.1 Å². The SMILES string of the molecule is CCC(C)C(C(CC)OC)N(C)C(=O)CNC(=O)C1C(C)[C@H](C)C(CC)N1C(=O)CCCCCN1C(=O)C=CC1=O. The quantitative estimate of drug-likeness (QED) is 0.223. The normalized spacial score (nSPS) is 24.5. The van der Waals surface area contributed by atoms with Gasteiger partial charge >= 0.3 is 0 Å². The highest BCUT2D eigenvalue weighted by molar-refractivity contribution is 6.12. The number of unbranched alkanes of at least 4 members (excludes halogenated alkanes) is 2. The predicted octanol–water partition coefficient (Wildman–Crippen LogP) is 3.15. The van der Waals surface area contributed by atoms with E-state index in [0.29, 0.717) is 25.8 Å². The zero-order chi connectivity index (χ0) is 30.9. The van der Waals surface area contributed by atoms with Crippen LogP contribution in [-0.4, -0.2) is 95.7 Å². The third-order valence-electron chi connectivity index (χ3n) is 9.31. The number of ether oxygens (including phenoxy) is 1. The fourth-order valence-corrected chi connectivity index (χ4v) is 6.47. The van der Waals surface area contributed by atoms with Crippen molar-refractivity contribution in [1.29, 1.82) is 0 Å². The summed E-state index contributed by atoms with van der Waals surface area (Å²) < 4.78 is 5.68. The van der Waals surface area contributed by atoms with Gasteiger partial charge in [0, 0.05) is 45.3 Å². The predicted molar refractivity (Wildman–Crippen MR) is 157 cm³/mol. The van der Waals surface area contributed by atoms with Gasteiger partial charge in [-0.15, -0.1) is 0 Å². The minimum Gasteiger partial charge on any atom is -0.379 e. The van der Waals surface area contributed by atoms with Gasteiger partial charge < -0.3 is 19.9 Å². The number of nitrogens with one attached hydrogen (secondary N) is 1. The lowest BCUT2D eigenvalue weighted by Crippen LogP contribution is -2.54. The molecule has 2 rings (SSSR count). The third-order valence-corrected chi connectivity index (χ3v) is 9.31. The molecule has 0 saturated carbocycles. The molecular formula is C31H52N4O6. The van der Waals surface area contributed by atoms with Crippen LogP contribution in [0.2, 0.25) is 0 Å². The zero-order valence-corrected chi connectivity index (χ0v) is 26.4. The summed E-state index contributed by atoms with van der Waals surface area (Å²) in [5, 5.41) is 2.85. The molecule has 0 bridgehead atoms. The Balaban J connectivity index is 2.01. The summed E-state index contributed by atoms with van der Waals surface area (Å²) in [6.45, 7) is 12.5. The van der Waals surface area contributed by atoms with Crippen LogP contribution in [0.3, 0.4) is 0 Å². The van der Waals surface area contributed by atoms with Crippen LogP contribution in [-0.2, 0) is 28.7 Å². The van der Waals surface area contributed by atoms with Crippen molar-refractivity contribution >= 4 is 29.5 Å². The summed E-state index contributed by atoms with van der Waals surface area (Å²) in [6, 6.07) is -0.802. The summed E-state index contributed by atoms with van der Waals surface area (Å²) in [7, 11) is 3.43. The van der Waals surface area contributed by atoms with Crippen molar-refractivity contribution < 1.29 is 28.7 Å². The smallest absolute Gasteiger partial charge is 0.253 e. The number of carbonyl (C=O) groups excluding carboxylic acids is 5. The van der Waals surface area contributed by atoms with Crippen molar-refractivity contribution in [2.75, 3.05) is 27.2 Å². The van der Waals surface area contributed by atoms with Crippen molar-refractivity contribution in [2.45, 2.75) is 111 Å². The van der Waals surface area contributed by atoms with E-state index in [1.807, 2.05) is 20.8 Å². The summed E-state index contributed by atoms with van der Waals surface area (Å²) in [6.07, 6.45) is 7.05. The van der Waals surface area contributed by atoms with Crippen LogP contribution in [0.5, 0.6) is 0 Å². The van der Waals surface area contributed by atoms with Crippen LogP contribution in [0.25, 0.3) is 0 Å². The molecule has 1 fully saturated rings. The van der Waals surface area contributed by atoms with E-state index >= 15 is 0 Å². The van der Waals surface area contributed by atoms with E-state index in [4.69, 9.17) is 4.74 Å². The number of methoxy groups -OCH3 is 1. The highest BCUT2D eigenvalue weighted by atomic mass is 16.5. The van der Waals surface area contributed by atoms with Crippen molar-refractivity contribution in [1.82, 2.24) is 20.0 Å². The molecule has 0 radical (unpaired) electrons. The van der Waals surface area contributed by atoms with Crippen LogP contribution >= 0.6 is 0 Å². The van der Waals surface area contributed by atoms with E-state index < -0.39 is 6.04 Å². The Kier molecular flexibility index (Phi) is 13.5. The van der Waals surface area contributed by atoms with Crippen molar-refractivity contribution in [3.05, 3.63) is 12.2 Å². The highest BCUT2D eigenvalue weighted by Gasteiger charge is 2.49. The Bertz CT molecular complexity index is 946. The van der Waals surface area contributed by atoms with E-state index in [9.17, 15) is 24.0 Å². The van der Waals surface area contributed by atoms with Gasteiger partial charge in [-0.25, -0.2) is 0 Å². The van der Waals surface area contributed by atoms with Gasteiger partial charge in [-0.3, -0.25) is 28.9 Å². The molecule has 2 aliphatic rings. The van der Waals surface area contributed by atoms with E-state index in [1.54, 1.807) is 24.0 Å². The van der Waals surface area contributed by atoms with Gasteiger partial charge in [0.15, 0.2) is 0 Å². The number of rotatable bonds is 16. The minimum atomic E-state index is -0.640. The van der Waals surface area contributed by atoms with E-state index in [-0.39, 0.29) is 78.4 Å². The van der Waals surface area contributed by atoms with Gasteiger partial charge in [0.1, 0.15) is 6.04 Å². The second kappa shape index (κ2) is 16.0. The highest BCUT2D eigenvalue weighted by Crippen LogP contribution is 2.37. The minimum absolute atomic E-state index is 0.0535. The second-order valence-electron chi connectivity index (χ2n) is 11.7. The Morgan fingerprint density at radius 1 is 1.00 bits per heavy atom. The molecule has 0 spiro atoms. The molecule has 10 heteroatoms. The average Bonchev–Trinajstić information content (AvgIpc) is 3.42. The summed E-state index contributed by atoms with van der Waals surface area (Å²) in [5.74, 6) is -0.840. The van der Waals surface area contributed by atoms with Crippen molar-refractivity contribution in [2.24, 2.45) is 17.8 Å². The Morgan fingerprint density at radius 3 is 2.17 bits per heavy atom. The molecule has 232 valence electrons.